The van der Waals surface area contributed by atoms with Crippen molar-refractivity contribution in [3.05, 3.63) is 55.3 Å². The molecular weight excluding hydrogens is 425 g/mol. The molecule has 2 aromatic rings. The van der Waals surface area contributed by atoms with E-state index in [1.165, 1.54) is 16.8 Å². The lowest BCUT2D eigenvalue weighted by atomic mass is 10.1. The first kappa shape index (κ1) is 14.3. The maximum atomic E-state index is 12.4. The zero-order chi connectivity index (χ0) is 14.2. The maximum Gasteiger partial charge on any atom is 0.352 e. The number of ketones is 1. The highest BCUT2D eigenvalue weighted by Gasteiger charge is 2.18. The van der Waals surface area contributed by atoms with E-state index in [1.807, 2.05) is 6.07 Å². The molecule has 1 aromatic carbocycles. The third kappa shape index (κ3) is 2.89. The summed E-state index contributed by atoms with van der Waals surface area (Å²) in [4.78, 5) is 23.3. The van der Waals surface area contributed by atoms with Crippen LogP contribution in [0.4, 0.5) is 0 Å². The third-order valence-corrected chi connectivity index (χ3v) is 4.02. The standard InChI is InChI=1S/C13H9BrINO3/c1-16-6-7(4-11(16)13(18)19)12(17)9-5-8(15)2-3-10(9)14/h2-6H,1H3,(H,18,19). The summed E-state index contributed by atoms with van der Waals surface area (Å²) in [6, 6.07) is 6.84. The van der Waals surface area contributed by atoms with E-state index in [0.29, 0.717) is 15.6 Å². The molecule has 0 aliphatic heterocycles. The quantitative estimate of drug-likeness (QED) is 0.596. The number of aryl methyl sites for hydroxylation is 1. The molecule has 0 fully saturated rings. The second-order valence-electron chi connectivity index (χ2n) is 3.98. The first-order valence-corrected chi connectivity index (χ1v) is 7.16. The van der Waals surface area contributed by atoms with Crippen molar-refractivity contribution >= 4 is 50.3 Å². The number of carbonyl (C=O) groups is 2. The van der Waals surface area contributed by atoms with Gasteiger partial charge in [-0.05, 0) is 46.9 Å². The fraction of sp³-hybridized carbons (Fsp3) is 0.0769. The normalized spacial score (nSPS) is 10.5. The topological polar surface area (TPSA) is 59.3 Å². The Labute approximate surface area is 131 Å². The fourth-order valence-corrected chi connectivity index (χ4v) is 2.65. The van der Waals surface area contributed by atoms with Gasteiger partial charge >= 0.3 is 5.97 Å². The second-order valence-corrected chi connectivity index (χ2v) is 6.08. The Morgan fingerprint density at radius 1 is 1.32 bits per heavy atom. The van der Waals surface area contributed by atoms with Gasteiger partial charge in [-0.3, -0.25) is 4.79 Å². The minimum Gasteiger partial charge on any atom is -0.477 e. The summed E-state index contributed by atoms with van der Waals surface area (Å²) < 4.78 is 3.06. The third-order valence-electron chi connectivity index (χ3n) is 2.66. The summed E-state index contributed by atoms with van der Waals surface area (Å²) >= 11 is 5.46. The van der Waals surface area contributed by atoms with E-state index in [-0.39, 0.29) is 11.5 Å². The maximum absolute atomic E-state index is 12.4. The number of aromatic nitrogens is 1. The van der Waals surface area contributed by atoms with Crippen LogP contribution in [0, 0.1) is 3.57 Å². The average Bonchev–Trinajstić information content (AvgIpc) is 2.74. The molecule has 6 heteroatoms. The first-order chi connectivity index (χ1) is 8.90. The summed E-state index contributed by atoms with van der Waals surface area (Å²) in [7, 11) is 1.60. The Hall–Kier alpha value is -1.15. The van der Waals surface area contributed by atoms with Crippen LogP contribution < -0.4 is 0 Å². The van der Waals surface area contributed by atoms with E-state index in [9.17, 15) is 9.59 Å². The van der Waals surface area contributed by atoms with Crippen LogP contribution in [0.3, 0.4) is 0 Å². The molecule has 19 heavy (non-hydrogen) atoms. The van der Waals surface area contributed by atoms with Crippen molar-refractivity contribution < 1.29 is 14.7 Å². The highest BCUT2D eigenvalue weighted by molar-refractivity contribution is 14.1. The zero-order valence-corrected chi connectivity index (χ0v) is 13.6. The molecular formula is C13H9BrINO3. The van der Waals surface area contributed by atoms with Crippen molar-refractivity contribution in [1.29, 1.82) is 0 Å². The van der Waals surface area contributed by atoms with Gasteiger partial charge in [-0.15, -0.1) is 0 Å². The van der Waals surface area contributed by atoms with Crippen LogP contribution in [-0.2, 0) is 7.05 Å². The number of hydrogen-bond donors (Lipinski definition) is 1. The van der Waals surface area contributed by atoms with Gasteiger partial charge in [0.05, 0.1) is 0 Å². The summed E-state index contributed by atoms with van der Waals surface area (Å²) in [6.45, 7) is 0. The molecule has 0 saturated carbocycles. The van der Waals surface area contributed by atoms with Crippen LogP contribution in [0.2, 0.25) is 0 Å². The zero-order valence-electron chi connectivity index (χ0n) is 9.85. The number of carbonyl (C=O) groups excluding carboxylic acids is 1. The predicted molar refractivity (Wildman–Crippen MR) is 82.7 cm³/mol. The van der Waals surface area contributed by atoms with Gasteiger partial charge in [0.25, 0.3) is 0 Å². The van der Waals surface area contributed by atoms with Gasteiger partial charge in [0.2, 0.25) is 0 Å². The van der Waals surface area contributed by atoms with Crippen molar-refractivity contribution in [3.63, 3.8) is 0 Å². The summed E-state index contributed by atoms with van der Waals surface area (Å²) in [6.07, 6.45) is 1.53. The van der Waals surface area contributed by atoms with Crippen molar-refractivity contribution in [2.45, 2.75) is 0 Å². The SMILES string of the molecule is Cn1cc(C(=O)c2cc(I)ccc2Br)cc1C(=O)O. The van der Waals surface area contributed by atoms with E-state index in [4.69, 9.17) is 5.11 Å². The summed E-state index contributed by atoms with van der Waals surface area (Å²) in [5, 5.41) is 8.99. The molecule has 1 N–H and O–H groups in total. The van der Waals surface area contributed by atoms with Crippen molar-refractivity contribution in [1.82, 2.24) is 4.57 Å². The average molecular weight is 434 g/mol. The van der Waals surface area contributed by atoms with Gasteiger partial charge in [0.1, 0.15) is 5.69 Å². The molecule has 98 valence electrons. The van der Waals surface area contributed by atoms with Gasteiger partial charge in [-0.25, -0.2) is 4.79 Å². The lowest BCUT2D eigenvalue weighted by Crippen LogP contribution is -2.02. The van der Waals surface area contributed by atoms with Gasteiger partial charge < -0.3 is 9.67 Å². The van der Waals surface area contributed by atoms with Gasteiger partial charge in [-0.1, -0.05) is 15.9 Å². The number of rotatable bonds is 3. The van der Waals surface area contributed by atoms with E-state index in [2.05, 4.69) is 38.5 Å². The number of carboxylic acids is 1. The first-order valence-electron chi connectivity index (χ1n) is 5.29. The Balaban J connectivity index is 2.47. The highest BCUT2D eigenvalue weighted by atomic mass is 127. The molecule has 0 amide bonds. The fourth-order valence-electron chi connectivity index (χ4n) is 1.73. The van der Waals surface area contributed by atoms with Crippen molar-refractivity contribution in [2.24, 2.45) is 7.05 Å². The smallest absolute Gasteiger partial charge is 0.352 e. The predicted octanol–water partition coefficient (Wildman–Crippen LogP) is 3.32. The minimum absolute atomic E-state index is 0.0881. The Morgan fingerprint density at radius 2 is 2.00 bits per heavy atom. The second kappa shape index (κ2) is 5.46. The lowest BCUT2D eigenvalue weighted by Gasteiger charge is -2.02. The number of carboxylic acid groups (broad SMARTS) is 1. The Morgan fingerprint density at radius 3 is 2.58 bits per heavy atom. The van der Waals surface area contributed by atoms with Gasteiger partial charge in [-0.2, -0.15) is 0 Å². The molecule has 1 aromatic heterocycles. The molecule has 1 heterocycles. The molecule has 0 unspecified atom stereocenters. The van der Waals surface area contributed by atoms with Gasteiger partial charge in [0.15, 0.2) is 5.78 Å². The van der Waals surface area contributed by atoms with Gasteiger partial charge in [0, 0.05) is 32.4 Å². The van der Waals surface area contributed by atoms with E-state index >= 15 is 0 Å². The molecule has 0 aliphatic rings. The number of nitrogens with zero attached hydrogens (tertiary/aromatic N) is 1. The molecule has 0 aliphatic carbocycles. The number of benzene rings is 1. The van der Waals surface area contributed by atoms with Crippen molar-refractivity contribution in [3.8, 4) is 0 Å². The number of aromatic carboxylic acids is 1. The van der Waals surface area contributed by atoms with Crippen LogP contribution in [0.15, 0.2) is 34.9 Å². The minimum atomic E-state index is -1.05. The van der Waals surface area contributed by atoms with Crippen LogP contribution in [0.1, 0.15) is 26.4 Å². The largest absolute Gasteiger partial charge is 0.477 e. The Kier molecular flexibility index (Phi) is 4.10. The van der Waals surface area contributed by atoms with E-state index in [1.54, 1.807) is 19.2 Å². The molecule has 0 atom stereocenters. The van der Waals surface area contributed by atoms with Crippen molar-refractivity contribution in [2.75, 3.05) is 0 Å². The van der Waals surface area contributed by atoms with Crippen LogP contribution in [0.5, 0.6) is 0 Å². The molecule has 0 saturated heterocycles. The highest BCUT2D eigenvalue weighted by Crippen LogP contribution is 2.23. The van der Waals surface area contributed by atoms with Crippen LogP contribution in [-0.4, -0.2) is 21.4 Å². The van der Waals surface area contributed by atoms with Crippen LogP contribution >= 0.6 is 38.5 Å². The number of hydrogen-bond acceptors (Lipinski definition) is 2. The van der Waals surface area contributed by atoms with E-state index < -0.39 is 5.97 Å². The molecule has 0 spiro atoms. The van der Waals surface area contributed by atoms with E-state index in [0.717, 1.165) is 3.57 Å². The summed E-state index contributed by atoms with van der Waals surface area (Å²) in [5.74, 6) is -1.25. The molecule has 0 radical (unpaired) electrons. The Bertz CT molecular complexity index is 679. The lowest BCUT2D eigenvalue weighted by molar-refractivity contribution is 0.0686. The molecule has 4 nitrogen and oxygen atoms in total. The monoisotopic (exact) mass is 433 g/mol. The molecule has 2 rings (SSSR count). The molecule has 0 bridgehead atoms. The van der Waals surface area contributed by atoms with Crippen LogP contribution in [0.25, 0.3) is 0 Å². The summed E-state index contributed by atoms with van der Waals surface area (Å²) in [5.41, 5.74) is 0.974. The number of halogens is 2.